The van der Waals surface area contributed by atoms with E-state index in [-0.39, 0.29) is 5.91 Å². The molecule has 2 aliphatic rings. The third kappa shape index (κ3) is 5.17. The Kier molecular flexibility index (Phi) is 6.64. The fraction of sp³-hybridized carbons (Fsp3) is 0.455. The largest absolute Gasteiger partial charge is 0.334 e. The quantitative estimate of drug-likeness (QED) is 0.789. The van der Waals surface area contributed by atoms with Crippen LogP contribution in [0.5, 0.6) is 0 Å². The summed E-state index contributed by atoms with van der Waals surface area (Å²) in [6.07, 6.45) is 3.68. The summed E-state index contributed by atoms with van der Waals surface area (Å²) in [6, 6.07) is 6.32. The minimum absolute atomic E-state index is 0.0487. The van der Waals surface area contributed by atoms with Crippen molar-refractivity contribution < 1.29 is 4.79 Å². The first kappa shape index (κ1) is 20.8. The Morgan fingerprint density at radius 3 is 2.70 bits per heavy atom. The van der Waals surface area contributed by atoms with Crippen molar-refractivity contribution in [3.8, 4) is 0 Å². The lowest BCUT2D eigenvalue weighted by Crippen LogP contribution is -2.48. The Bertz CT molecular complexity index is 934. The first-order valence-corrected chi connectivity index (χ1v) is 11.4. The van der Waals surface area contributed by atoms with Crippen LogP contribution in [0.3, 0.4) is 0 Å². The molecule has 0 atom stereocenters. The summed E-state index contributed by atoms with van der Waals surface area (Å²) < 4.78 is 0. The first-order valence-electron chi connectivity index (χ1n) is 10.5. The van der Waals surface area contributed by atoms with Crippen LogP contribution in [0.15, 0.2) is 29.4 Å². The normalized spacial score (nSPS) is 17.3. The van der Waals surface area contributed by atoms with E-state index in [2.05, 4.69) is 52.7 Å². The summed E-state index contributed by atoms with van der Waals surface area (Å²) in [7, 11) is 0. The van der Waals surface area contributed by atoms with Crippen molar-refractivity contribution in [3.63, 3.8) is 0 Å². The molecule has 0 unspecified atom stereocenters. The van der Waals surface area contributed by atoms with Gasteiger partial charge in [0.05, 0.1) is 5.69 Å². The van der Waals surface area contributed by atoms with E-state index in [1.165, 1.54) is 22.9 Å². The molecule has 0 aliphatic carbocycles. The summed E-state index contributed by atoms with van der Waals surface area (Å²) >= 11 is 1.50. The van der Waals surface area contributed by atoms with Crippen LogP contribution >= 0.6 is 11.8 Å². The maximum absolute atomic E-state index is 12.9. The molecule has 1 aromatic carbocycles. The van der Waals surface area contributed by atoms with Gasteiger partial charge >= 0.3 is 0 Å². The highest BCUT2D eigenvalue weighted by atomic mass is 32.2. The molecule has 1 aromatic heterocycles. The van der Waals surface area contributed by atoms with Gasteiger partial charge in [0.2, 0.25) is 5.95 Å². The number of amides is 1. The average molecular weight is 425 g/mol. The lowest BCUT2D eigenvalue weighted by Gasteiger charge is -2.27. The minimum Gasteiger partial charge on any atom is -0.334 e. The fourth-order valence-electron chi connectivity index (χ4n) is 3.78. The summed E-state index contributed by atoms with van der Waals surface area (Å²) in [5.74, 6) is 1.26. The predicted molar refractivity (Wildman–Crippen MR) is 123 cm³/mol. The smallest absolute Gasteiger partial charge is 0.278 e. The number of anilines is 2. The van der Waals surface area contributed by atoms with Gasteiger partial charge < -0.3 is 15.5 Å². The molecule has 0 spiro atoms. The summed E-state index contributed by atoms with van der Waals surface area (Å²) in [6.45, 7) is 7.97. The van der Waals surface area contributed by atoms with Crippen LogP contribution < -0.4 is 10.6 Å². The van der Waals surface area contributed by atoms with Crippen molar-refractivity contribution in [3.05, 3.63) is 46.8 Å². The van der Waals surface area contributed by atoms with Crippen molar-refractivity contribution in [2.24, 2.45) is 4.99 Å². The van der Waals surface area contributed by atoms with Crippen LogP contribution in [-0.2, 0) is 17.0 Å². The summed E-state index contributed by atoms with van der Waals surface area (Å²) in [4.78, 5) is 28.7. The molecule has 2 aromatic rings. The molecule has 7 nitrogen and oxygen atoms in total. The number of benzene rings is 1. The highest BCUT2D eigenvalue weighted by Gasteiger charge is 2.23. The maximum Gasteiger partial charge on any atom is 0.278 e. The Labute approximate surface area is 181 Å². The number of hydrogen-bond donors (Lipinski definition) is 2. The zero-order valence-electron chi connectivity index (χ0n) is 17.6. The van der Waals surface area contributed by atoms with E-state index < -0.39 is 0 Å². The Morgan fingerprint density at radius 1 is 1.17 bits per heavy atom. The number of nitrogens with one attached hydrogen (secondary N) is 2. The molecule has 8 heteroatoms. The second-order valence-corrected chi connectivity index (χ2v) is 8.75. The lowest BCUT2D eigenvalue weighted by molar-refractivity contribution is -0.124. The van der Waals surface area contributed by atoms with E-state index in [0.29, 0.717) is 23.3 Å². The third-order valence-electron chi connectivity index (χ3n) is 5.22. The van der Waals surface area contributed by atoms with Gasteiger partial charge in [-0.3, -0.25) is 9.79 Å². The molecule has 2 N–H and O–H groups in total. The standard InChI is InChI=1S/C22H28N6OS/c1-15-10-16(2)12-18(11-15)26-22-25-13-17-4-3-5-24-20(30-14-19(17)27-22)21(29)28-8-6-23-7-9-28/h10-13,23H,3-9,14H2,1-2H3,(H,25,26,27). The molecule has 0 radical (unpaired) electrons. The molecule has 0 bridgehead atoms. The van der Waals surface area contributed by atoms with E-state index in [1.807, 2.05) is 11.1 Å². The Hall–Kier alpha value is -2.45. The summed E-state index contributed by atoms with van der Waals surface area (Å²) in [5, 5.41) is 7.22. The van der Waals surface area contributed by atoms with Gasteiger partial charge in [0.25, 0.3) is 5.91 Å². The number of nitrogens with zero attached hydrogens (tertiary/aromatic N) is 4. The van der Waals surface area contributed by atoms with Gasteiger partial charge in [-0.25, -0.2) is 9.97 Å². The molecule has 1 amide bonds. The number of carbonyl (C=O) groups is 1. The summed E-state index contributed by atoms with van der Waals surface area (Å²) in [5.41, 5.74) is 5.49. The molecule has 2 aliphatic heterocycles. The van der Waals surface area contributed by atoms with Gasteiger partial charge in [-0.1, -0.05) is 17.8 Å². The average Bonchev–Trinajstić information content (AvgIpc) is 2.83. The van der Waals surface area contributed by atoms with Gasteiger partial charge in [0.1, 0.15) is 0 Å². The van der Waals surface area contributed by atoms with Crippen LogP contribution in [0, 0.1) is 13.8 Å². The first-order chi connectivity index (χ1) is 14.6. The number of aromatic nitrogens is 2. The van der Waals surface area contributed by atoms with E-state index >= 15 is 0 Å². The third-order valence-corrected chi connectivity index (χ3v) is 6.22. The molecule has 3 heterocycles. The fourth-order valence-corrected chi connectivity index (χ4v) is 4.74. The molecule has 0 saturated carbocycles. The predicted octanol–water partition coefficient (Wildman–Crippen LogP) is 2.85. The molecule has 1 fully saturated rings. The number of hydrogen-bond acceptors (Lipinski definition) is 7. The number of fused-ring (bicyclic) bond motifs is 1. The van der Waals surface area contributed by atoms with Gasteiger partial charge in [-0.15, -0.1) is 0 Å². The second-order valence-electron chi connectivity index (χ2n) is 7.79. The number of aryl methyl sites for hydroxylation is 3. The molecule has 158 valence electrons. The van der Waals surface area contributed by atoms with Crippen molar-refractivity contribution in [2.75, 3.05) is 38.0 Å². The maximum atomic E-state index is 12.9. The van der Waals surface area contributed by atoms with Crippen molar-refractivity contribution in [2.45, 2.75) is 32.4 Å². The number of rotatable bonds is 3. The number of piperazine rings is 1. The molecule has 4 rings (SSSR count). The van der Waals surface area contributed by atoms with E-state index in [0.717, 1.165) is 56.0 Å². The van der Waals surface area contributed by atoms with E-state index in [1.54, 1.807) is 0 Å². The second kappa shape index (κ2) is 9.57. The zero-order valence-corrected chi connectivity index (χ0v) is 18.4. The van der Waals surface area contributed by atoms with Crippen molar-refractivity contribution in [1.82, 2.24) is 20.2 Å². The van der Waals surface area contributed by atoms with Crippen LogP contribution in [0.4, 0.5) is 11.6 Å². The Balaban J connectivity index is 1.50. The van der Waals surface area contributed by atoms with Crippen LogP contribution in [-0.4, -0.2) is 58.5 Å². The van der Waals surface area contributed by atoms with Crippen LogP contribution in [0.25, 0.3) is 0 Å². The molecule has 30 heavy (non-hydrogen) atoms. The van der Waals surface area contributed by atoms with Gasteiger partial charge in [0, 0.05) is 50.4 Å². The van der Waals surface area contributed by atoms with Crippen LogP contribution in [0.2, 0.25) is 0 Å². The van der Waals surface area contributed by atoms with Crippen molar-refractivity contribution in [1.29, 1.82) is 0 Å². The van der Waals surface area contributed by atoms with Gasteiger partial charge in [-0.2, -0.15) is 0 Å². The lowest BCUT2D eigenvalue weighted by atomic mass is 10.1. The molecular formula is C22H28N6OS. The highest BCUT2D eigenvalue weighted by Crippen LogP contribution is 2.23. The molecule has 1 saturated heterocycles. The highest BCUT2D eigenvalue weighted by molar-refractivity contribution is 8.15. The van der Waals surface area contributed by atoms with Gasteiger partial charge in [-0.05, 0) is 55.5 Å². The number of aliphatic imine (C=N–C) groups is 1. The minimum atomic E-state index is 0.0487. The number of carbonyl (C=O) groups excluding carboxylic acids is 1. The monoisotopic (exact) mass is 424 g/mol. The topological polar surface area (TPSA) is 82.5 Å². The SMILES string of the molecule is Cc1cc(C)cc(Nc2ncc3c(n2)CSC(C(=O)N2CCNCC2)=NCCC3)c1. The Morgan fingerprint density at radius 2 is 1.93 bits per heavy atom. The van der Waals surface area contributed by atoms with Gasteiger partial charge in [0.15, 0.2) is 5.04 Å². The van der Waals surface area contributed by atoms with Crippen molar-refractivity contribution >= 4 is 34.3 Å². The van der Waals surface area contributed by atoms with Crippen LogP contribution in [0.1, 0.15) is 28.8 Å². The molecular weight excluding hydrogens is 396 g/mol. The van der Waals surface area contributed by atoms with E-state index in [4.69, 9.17) is 4.98 Å². The zero-order chi connectivity index (χ0) is 20.9. The number of thioether (sulfide) groups is 1. The van der Waals surface area contributed by atoms with E-state index in [9.17, 15) is 4.79 Å².